The fraction of sp³-hybridized carbons (Fsp3) is 0.515. The summed E-state index contributed by atoms with van der Waals surface area (Å²) in [6.45, 7) is 8.76. The molecule has 0 saturated carbocycles. The van der Waals surface area contributed by atoms with Gasteiger partial charge in [0, 0.05) is 45.6 Å². The van der Waals surface area contributed by atoms with Gasteiger partial charge in [-0.05, 0) is 56.5 Å². The summed E-state index contributed by atoms with van der Waals surface area (Å²) >= 11 is 0. The number of nitrogens with one attached hydrogen (secondary N) is 1. The minimum Gasteiger partial charge on any atom is -0.378 e. The fourth-order valence-electron chi connectivity index (χ4n) is 5.74. The highest BCUT2D eigenvalue weighted by atomic mass is 19.1. The Morgan fingerprint density at radius 1 is 1.07 bits per heavy atom. The van der Waals surface area contributed by atoms with Crippen LogP contribution in [-0.4, -0.2) is 80.2 Å². The van der Waals surface area contributed by atoms with Gasteiger partial charge in [0.15, 0.2) is 0 Å². The topological polar surface area (TPSA) is 62.6 Å². The number of halogens is 2. The lowest BCUT2D eigenvalue weighted by molar-refractivity contribution is 0.0522. The molecule has 234 valence electrons. The summed E-state index contributed by atoms with van der Waals surface area (Å²) in [6, 6.07) is 23.3. The van der Waals surface area contributed by atoms with Crippen LogP contribution < -0.4 is 5.32 Å². The maximum atomic E-state index is 12.9. The second kappa shape index (κ2) is 18.3. The molecule has 7 nitrogen and oxygen atoms in total. The molecule has 1 N–H and O–H groups in total. The fourth-order valence-corrected chi connectivity index (χ4v) is 5.74. The number of rotatable bonds is 9. The van der Waals surface area contributed by atoms with E-state index in [1.807, 2.05) is 11.0 Å². The Hall–Kier alpha value is -3.30. The van der Waals surface area contributed by atoms with Crippen molar-refractivity contribution < 1.29 is 20.1 Å². The molecule has 0 unspecified atom stereocenters. The monoisotopic (exact) mass is 591 g/mol. The molecule has 3 aromatic rings. The number of carbonyl (C=O) groups excluding carboxylic acids is 1. The van der Waals surface area contributed by atoms with Crippen LogP contribution >= 0.6 is 0 Å². The van der Waals surface area contributed by atoms with Gasteiger partial charge in [0.25, 0.3) is 1.45 Å². The number of hydrogen-bond donors (Lipinski definition) is 1. The second-order valence-corrected chi connectivity index (χ2v) is 10.5. The predicted octanol–water partition coefficient (Wildman–Crippen LogP) is 6.47. The Morgan fingerprint density at radius 2 is 1.69 bits per heavy atom. The normalized spacial score (nSPS) is 16.5. The van der Waals surface area contributed by atoms with E-state index in [1.54, 1.807) is 0 Å². The predicted molar refractivity (Wildman–Crippen MR) is 169 cm³/mol. The Balaban J connectivity index is 0.00000155. The number of piperidine rings is 1. The standard InChI is InChI=1S/C31H41N5O2.CH3F.CH4.FH.H2/c1-2-36-30(24-28(33-36)23-25-9-5-3-6-10-25)27-13-16-34(17-14-27)18-15-29(26-11-7-4-8-12-26)32-31(37)35-19-21-38-22-20-35;1-2;;;/h3-12,24,27,29H,2,13-23H2,1H3,(H,32,37);1H3;1H4;2*1H/t29-;;;;/m0..../s1/i;;;;1+2/hT. The third-order valence-corrected chi connectivity index (χ3v) is 7.93. The van der Waals surface area contributed by atoms with Crippen molar-refractivity contribution in [3.63, 3.8) is 0 Å². The molecule has 3 heterocycles. The number of morpholine rings is 1. The Kier molecular flexibility index (Phi) is 14.5. The zero-order chi connectivity index (χ0) is 30.2. The molecule has 0 radical (unpaired) electrons. The third kappa shape index (κ3) is 9.63. The van der Waals surface area contributed by atoms with Gasteiger partial charge in [0.1, 0.15) is 0 Å². The van der Waals surface area contributed by atoms with Gasteiger partial charge in [-0.3, -0.25) is 13.8 Å². The minimum absolute atomic E-state index is 0. The maximum Gasteiger partial charge on any atom is 0.318 e. The number of urea groups is 1. The first kappa shape index (κ1) is 33.2. The van der Waals surface area contributed by atoms with Gasteiger partial charge < -0.3 is 19.9 Å². The molecule has 42 heavy (non-hydrogen) atoms. The Bertz CT molecular complexity index is 1160. The molecular formula is C33H51F2N5O2. The number of aromatic nitrogens is 2. The minimum atomic E-state index is 0. The second-order valence-electron chi connectivity index (χ2n) is 10.5. The molecule has 2 fully saturated rings. The van der Waals surface area contributed by atoms with Gasteiger partial charge in [-0.1, -0.05) is 68.1 Å². The molecule has 0 spiro atoms. The number of benzene rings is 2. The van der Waals surface area contributed by atoms with Crippen LogP contribution in [0.2, 0.25) is 0 Å². The average molecular weight is 592 g/mol. The molecule has 9 heteroatoms. The number of amides is 2. The molecule has 5 rings (SSSR count). The van der Waals surface area contributed by atoms with Gasteiger partial charge in [0.2, 0.25) is 0 Å². The van der Waals surface area contributed by atoms with Crippen LogP contribution in [0.5, 0.6) is 0 Å². The highest BCUT2D eigenvalue weighted by Gasteiger charge is 2.26. The van der Waals surface area contributed by atoms with Crippen molar-refractivity contribution >= 4 is 6.03 Å². The van der Waals surface area contributed by atoms with E-state index in [9.17, 15) is 9.18 Å². The summed E-state index contributed by atoms with van der Waals surface area (Å²) in [5, 5.41) is 8.24. The number of alkyl halides is 1. The molecule has 1 aromatic heterocycles. The van der Waals surface area contributed by atoms with Crippen molar-refractivity contribution in [1.29, 1.82) is 1.45 Å². The Labute approximate surface area is 253 Å². The average Bonchev–Trinajstić information content (AvgIpc) is 3.49. The van der Waals surface area contributed by atoms with Crippen LogP contribution in [0.1, 0.15) is 69.5 Å². The van der Waals surface area contributed by atoms with Crippen LogP contribution in [0.3, 0.4) is 0 Å². The van der Waals surface area contributed by atoms with E-state index in [0.29, 0.717) is 39.4 Å². The zero-order valence-electron chi connectivity index (χ0n) is 25.4. The zero-order valence-corrected chi connectivity index (χ0v) is 24.4. The molecular weight excluding hydrogens is 536 g/mol. The summed E-state index contributed by atoms with van der Waals surface area (Å²) < 4.78 is 30.1. The van der Waals surface area contributed by atoms with E-state index in [2.05, 4.69) is 83.9 Å². The van der Waals surface area contributed by atoms with Gasteiger partial charge in [-0.25, -0.2) is 4.79 Å². The number of nitrogens with zero attached hydrogens (tertiary/aromatic N) is 4. The summed E-state index contributed by atoms with van der Waals surface area (Å²) in [4.78, 5) is 17.4. The van der Waals surface area contributed by atoms with Crippen molar-refractivity contribution in [1.82, 2.24) is 24.9 Å². The SMILES string of the molecule is C.CCn1nc(Cc2ccccc2)cc1C1CCN(CC[C@H](NC(=O)N2CCOCC2)c2ccccc2)CC1.CF.[3HH].[3H]F. The van der Waals surface area contributed by atoms with Crippen LogP contribution in [0.4, 0.5) is 13.9 Å². The van der Waals surface area contributed by atoms with Gasteiger partial charge in [0.05, 0.1) is 32.1 Å². The smallest absolute Gasteiger partial charge is 0.318 e. The van der Waals surface area contributed by atoms with Crippen molar-refractivity contribution in [3.05, 3.63) is 89.2 Å². The summed E-state index contributed by atoms with van der Waals surface area (Å²) in [5.74, 6) is 0.550. The van der Waals surface area contributed by atoms with E-state index in [0.717, 1.165) is 57.6 Å². The molecule has 0 aliphatic carbocycles. The highest BCUT2D eigenvalue weighted by molar-refractivity contribution is 5.74. The number of likely N-dealkylation sites (tertiary alicyclic amines) is 1. The first-order chi connectivity index (χ1) is 20.7. The summed E-state index contributed by atoms with van der Waals surface area (Å²) in [6.07, 6.45) is 4.08. The first-order valence-corrected chi connectivity index (χ1v) is 14.6. The van der Waals surface area contributed by atoms with Crippen molar-refractivity contribution in [2.24, 2.45) is 0 Å². The molecule has 2 aromatic carbocycles. The Morgan fingerprint density at radius 3 is 2.31 bits per heavy atom. The van der Waals surface area contributed by atoms with Crippen LogP contribution in [0.25, 0.3) is 0 Å². The lowest BCUT2D eigenvalue weighted by Gasteiger charge is -2.34. The van der Waals surface area contributed by atoms with Gasteiger partial charge >= 0.3 is 6.03 Å². The quantitative estimate of drug-likeness (QED) is 0.310. The van der Waals surface area contributed by atoms with Crippen molar-refractivity contribution in [2.45, 2.75) is 58.5 Å². The molecule has 2 aliphatic heterocycles. The van der Waals surface area contributed by atoms with Crippen LogP contribution in [0, 0.1) is 0 Å². The molecule has 2 amide bonds. The lowest BCUT2D eigenvalue weighted by atomic mass is 9.92. The molecule has 0 bridgehead atoms. The van der Waals surface area contributed by atoms with E-state index in [-0.39, 0.29) is 20.9 Å². The van der Waals surface area contributed by atoms with E-state index in [4.69, 9.17) is 14.6 Å². The molecule has 1 atom stereocenters. The number of hydrogen-bond acceptors (Lipinski definition) is 4. The highest BCUT2D eigenvalue weighted by Crippen LogP contribution is 2.30. The van der Waals surface area contributed by atoms with Gasteiger partial charge in [-0.2, -0.15) is 5.10 Å². The lowest BCUT2D eigenvalue weighted by Crippen LogP contribution is -2.47. The summed E-state index contributed by atoms with van der Waals surface area (Å²) in [7, 11) is 0.500. The number of ether oxygens (including phenoxy) is 1. The number of carbonyl (C=O) groups is 1. The number of aryl methyl sites for hydroxylation is 1. The first-order valence-electron chi connectivity index (χ1n) is 15.0. The molecule has 2 aliphatic rings. The largest absolute Gasteiger partial charge is 0.378 e. The molecule has 2 saturated heterocycles. The van der Waals surface area contributed by atoms with E-state index in [1.165, 1.54) is 16.8 Å². The maximum absolute atomic E-state index is 12.9. The van der Waals surface area contributed by atoms with Gasteiger partial charge in [-0.15, -0.1) is 0 Å². The van der Waals surface area contributed by atoms with E-state index >= 15 is 0 Å². The summed E-state index contributed by atoms with van der Waals surface area (Å²) in [5.41, 5.74) is 5.03. The van der Waals surface area contributed by atoms with Crippen molar-refractivity contribution in [3.8, 4) is 0 Å². The van der Waals surface area contributed by atoms with Crippen molar-refractivity contribution in [2.75, 3.05) is 53.1 Å². The van der Waals surface area contributed by atoms with Crippen LogP contribution in [-0.2, 0) is 17.7 Å². The van der Waals surface area contributed by atoms with E-state index < -0.39 is 0 Å². The third-order valence-electron chi connectivity index (χ3n) is 7.93. The van der Waals surface area contributed by atoms with Crippen LogP contribution in [0.15, 0.2) is 66.7 Å².